The van der Waals surface area contributed by atoms with Gasteiger partial charge < -0.3 is 5.32 Å². The molecule has 0 unspecified atom stereocenters. The van der Waals surface area contributed by atoms with E-state index in [-0.39, 0.29) is 11.7 Å². The number of hydrogen-bond donors (Lipinski definition) is 1. The Balaban J connectivity index is 1.54. The fraction of sp³-hybridized carbons (Fsp3) is 0.167. The topological polar surface area (TPSA) is 59.3 Å². The largest absolute Gasteiger partial charge is 0.325 e. The van der Waals surface area contributed by atoms with Crippen molar-refractivity contribution in [2.24, 2.45) is 0 Å². The van der Waals surface area contributed by atoms with Crippen LogP contribution in [0.25, 0.3) is 16.8 Å². The summed E-state index contributed by atoms with van der Waals surface area (Å²) in [5.74, 6) is 0.220. The van der Waals surface area contributed by atoms with E-state index >= 15 is 0 Å². The minimum absolute atomic E-state index is 0.0516. The number of amides is 1. The van der Waals surface area contributed by atoms with Crippen LogP contribution in [0.5, 0.6) is 0 Å². The van der Waals surface area contributed by atoms with Gasteiger partial charge in [0.05, 0.1) is 11.4 Å². The summed E-state index contributed by atoms with van der Waals surface area (Å²) in [5.41, 5.74) is 9.02. The SMILES string of the molecule is Cc1ccc(NC(=O)CSc2c(Cc3ccccc3)c(C)nc3c(-c4ccccc4)c(C)nn23)cc1. The van der Waals surface area contributed by atoms with Crippen molar-refractivity contribution in [2.75, 3.05) is 11.1 Å². The van der Waals surface area contributed by atoms with Crippen molar-refractivity contribution in [2.45, 2.75) is 32.2 Å². The summed E-state index contributed by atoms with van der Waals surface area (Å²) in [5, 5.41) is 8.86. The third-order valence-corrected chi connectivity index (χ3v) is 7.26. The van der Waals surface area contributed by atoms with Gasteiger partial charge in [-0.05, 0) is 44.0 Å². The number of aryl methyl sites for hydroxylation is 3. The van der Waals surface area contributed by atoms with Crippen LogP contribution in [0.2, 0.25) is 0 Å². The Morgan fingerprint density at radius 1 is 0.861 bits per heavy atom. The van der Waals surface area contributed by atoms with Crippen molar-refractivity contribution in [3.05, 3.63) is 113 Å². The van der Waals surface area contributed by atoms with Crippen LogP contribution >= 0.6 is 11.8 Å². The van der Waals surface area contributed by atoms with Crippen LogP contribution in [0.4, 0.5) is 5.69 Å². The zero-order valence-corrected chi connectivity index (χ0v) is 21.5. The van der Waals surface area contributed by atoms with E-state index in [1.807, 2.05) is 86.0 Å². The smallest absolute Gasteiger partial charge is 0.234 e. The highest BCUT2D eigenvalue weighted by molar-refractivity contribution is 8.00. The molecule has 0 atom stereocenters. The van der Waals surface area contributed by atoms with Gasteiger partial charge in [0.15, 0.2) is 5.65 Å². The molecule has 1 N–H and O–H groups in total. The second kappa shape index (κ2) is 10.4. The van der Waals surface area contributed by atoms with E-state index in [1.54, 1.807) is 0 Å². The first-order chi connectivity index (χ1) is 17.5. The highest BCUT2D eigenvalue weighted by Gasteiger charge is 2.21. The van der Waals surface area contributed by atoms with Crippen LogP contribution in [0.1, 0.15) is 28.1 Å². The molecule has 6 heteroatoms. The number of anilines is 1. The lowest BCUT2D eigenvalue weighted by atomic mass is 10.0. The van der Waals surface area contributed by atoms with Gasteiger partial charge in [0, 0.05) is 28.9 Å². The monoisotopic (exact) mass is 492 g/mol. The fourth-order valence-corrected chi connectivity index (χ4v) is 5.31. The Hall–Kier alpha value is -3.90. The number of carbonyl (C=O) groups excluding carboxylic acids is 1. The molecular weight excluding hydrogens is 464 g/mol. The van der Waals surface area contributed by atoms with Crippen LogP contribution in [0.3, 0.4) is 0 Å². The predicted molar refractivity (Wildman–Crippen MR) is 148 cm³/mol. The first kappa shape index (κ1) is 23.8. The highest BCUT2D eigenvalue weighted by Crippen LogP contribution is 2.33. The zero-order valence-electron chi connectivity index (χ0n) is 20.7. The Bertz CT molecular complexity index is 1510. The number of aromatic nitrogens is 3. The molecule has 0 saturated carbocycles. The molecule has 0 aliphatic heterocycles. The minimum Gasteiger partial charge on any atom is -0.325 e. The van der Waals surface area contributed by atoms with E-state index in [2.05, 4.69) is 29.6 Å². The number of fused-ring (bicyclic) bond motifs is 1. The van der Waals surface area contributed by atoms with Gasteiger partial charge in [-0.2, -0.15) is 5.10 Å². The molecule has 0 bridgehead atoms. The van der Waals surface area contributed by atoms with Gasteiger partial charge in [-0.15, -0.1) is 0 Å². The molecule has 5 nitrogen and oxygen atoms in total. The summed E-state index contributed by atoms with van der Waals surface area (Å²) in [4.78, 5) is 17.9. The second-order valence-corrected chi connectivity index (χ2v) is 9.87. The van der Waals surface area contributed by atoms with Crippen LogP contribution in [0.15, 0.2) is 90.0 Å². The number of nitrogens with one attached hydrogen (secondary N) is 1. The van der Waals surface area contributed by atoms with Crippen molar-refractivity contribution >= 4 is 29.0 Å². The number of thioether (sulfide) groups is 1. The van der Waals surface area contributed by atoms with Crippen molar-refractivity contribution < 1.29 is 4.79 Å². The van der Waals surface area contributed by atoms with Gasteiger partial charge in [0.1, 0.15) is 5.03 Å². The predicted octanol–water partition coefficient (Wildman–Crippen LogP) is 6.64. The van der Waals surface area contributed by atoms with Crippen LogP contribution in [-0.2, 0) is 11.2 Å². The van der Waals surface area contributed by atoms with E-state index in [1.165, 1.54) is 17.3 Å². The summed E-state index contributed by atoms with van der Waals surface area (Å²) < 4.78 is 1.92. The first-order valence-electron chi connectivity index (χ1n) is 12.0. The summed E-state index contributed by atoms with van der Waals surface area (Å²) >= 11 is 1.51. The van der Waals surface area contributed by atoms with Crippen LogP contribution < -0.4 is 5.32 Å². The molecule has 5 aromatic rings. The van der Waals surface area contributed by atoms with Crippen molar-refractivity contribution in [3.63, 3.8) is 0 Å². The molecular formula is C30H28N4OS. The lowest BCUT2D eigenvalue weighted by Crippen LogP contribution is -2.15. The molecule has 3 aromatic carbocycles. The maximum atomic E-state index is 12.9. The molecule has 2 heterocycles. The Morgan fingerprint density at radius 2 is 1.53 bits per heavy atom. The van der Waals surface area contributed by atoms with Gasteiger partial charge in [-0.25, -0.2) is 9.50 Å². The fourth-order valence-electron chi connectivity index (χ4n) is 4.33. The molecule has 1 amide bonds. The summed E-state index contributed by atoms with van der Waals surface area (Å²) in [6, 6.07) is 28.4. The van der Waals surface area contributed by atoms with E-state index in [0.29, 0.717) is 0 Å². The Morgan fingerprint density at radius 3 is 2.22 bits per heavy atom. The van der Waals surface area contributed by atoms with Gasteiger partial charge >= 0.3 is 0 Å². The second-order valence-electron chi connectivity index (χ2n) is 8.91. The molecule has 0 saturated heterocycles. The number of nitrogens with zero attached hydrogens (tertiary/aromatic N) is 3. The Labute approximate surface area is 215 Å². The third-order valence-electron chi connectivity index (χ3n) is 6.16. The molecule has 180 valence electrons. The van der Waals surface area contributed by atoms with Crippen molar-refractivity contribution in [1.82, 2.24) is 14.6 Å². The van der Waals surface area contributed by atoms with Gasteiger partial charge in [0.25, 0.3) is 0 Å². The normalized spacial score (nSPS) is 11.1. The number of carbonyl (C=O) groups is 1. The van der Waals surface area contributed by atoms with E-state index in [4.69, 9.17) is 10.1 Å². The molecule has 0 spiro atoms. The van der Waals surface area contributed by atoms with Gasteiger partial charge in [0.2, 0.25) is 5.91 Å². The van der Waals surface area contributed by atoms with E-state index in [0.717, 1.165) is 56.4 Å². The molecule has 0 aliphatic rings. The summed E-state index contributed by atoms with van der Waals surface area (Å²) in [6.45, 7) is 6.09. The molecule has 0 aliphatic carbocycles. The quantitative estimate of drug-likeness (QED) is 0.204. The van der Waals surface area contributed by atoms with Gasteiger partial charge in [-0.1, -0.05) is 90.1 Å². The average molecular weight is 493 g/mol. The zero-order chi connectivity index (χ0) is 25.1. The molecule has 0 fully saturated rings. The minimum atomic E-state index is -0.0516. The van der Waals surface area contributed by atoms with E-state index < -0.39 is 0 Å². The average Bonchev–Trinajstić information content (AvgIpc) is 3.21. The van der Waals surface area contributed by atoms with Crippen LogP contribution in [-0.4, -0.2) is 26.3 Å². The van der Waals surface area contributed by atoms with Gasteiger partial charge in [-0.3, -0.25) is 4.79 Å². The standard InChI is InChI=1S/C30H28N4OS/c1-20-14-16-25(17-15-20)32-27(35)19-36-30-26(18-23-10-6-4-7-11-23)21(2)31-29-28(22(3)33-34(29)30)24-12-8-5-9-13-24/h4-17H,18-19H2,1-3H3,(H,32,35). The lowest BCUT2D eigenvalue weighted by Gasteiger charge is -2.15. The summed E-state index contributed by atoms with van der Waals surface area (Å²) in [7, 11) is 0. The Kier molecular flexibility index (Phi) is 6.87. The van der Waals surface area contributed by atoms with Crippen molar-refractivity contribution in [3.8, 4) is 11.1 Å². The molecule has 36 heavy (non-hydrogen) atoms. The maximum absolute atomic E-state index is 12.9. The lowest BCUT2D eigenvalue weighted by molar-refractivity contribution is -0.113. The maximum Gasteiger partial charge on any atom is 0.234 e. The van der Waals surface area contributed by atoms with Crippen molar-refractivity contribution in [1.29, 1.82) is 0 Å². The summed E-state index contributed by atoms with van der Waals surface area (Å²) in [6.07, 6.45) is 0.719. The van der Waals surface area contributed by atoms with Crippen LogP contribution in [0, 0.1) is 20.8 Å². The number of benzene rings is 3. The molecule has 0 radical (unpaired) electrons. The third kappa shape index (κ3) is 5.04. The number of rotatable bonds is 7. The highest BCUT2D eigenvalue weighted by atomic mass is 32.2. The molecule has 2 aromatic heterocycles. The first-order valence-corrected chi connectivity index (χ1v) is 13.0. The number of hydrogen-bond acceptors (Lipinski definition) is 4. The molecule has 5 rings (SSSR count). The van der Waals surface area contributed by atoms with E-state index in [9.17, 15) is 4.79 Å².